The van der Waals surface area contributed by atoms with Gasteiger partial charge in [-0.05, 0) is 36.8 Å². The Morgan fingerprint density at radius 3 is 2.75 bits per heavy atom. The molecular weight excluding hydrogens is 275 g/mol. The topological polar surface area (TPSA) is 46.3 Å². The number of carbonyl (C=O) groups is 1. The largest absolute Gasteiger partial charge is 0.316 e. The summed E-state index contributed by atoms with van der Waals surface area (Å²) >= 11 is 1.69. The molecule has 5 heteroatoms. The highest BCUT2D eigenvalue weighted by Gasteiger charge is 2.35. The van der Waals surface area contributed by atoms with Crippen molar-refractivity contribution in [2.24, 2.45) is 5.73 Å². The van der Waals surface area contributed by atoms with Crippen LogP contribution in [0.15, 0.2) is 30.3 Å². The fourth-order valence-electron chi connectivity index (χ4n) is 2.46. The van der Waals surface area contributed by atoms with Crippen molar-refractivity contribution in [3.05, 3.63) is 51.5 Å². The SMILES string of the molecule is CCc1ccc(CN2C(=O)C(N)c3cc(F)ccc32)s1. The monoisotopic (exact) mass is 290 g/mol. The second kappa shape index (κ2) is 5.00. The van der Waals surface area contributed by atoms with E-state index in [1.54, 1.807) is 22.3 Å². The zero-order valence-electron chi connectivity index (χ0n) is 11.1. The number of aryl methyl sites for hydroxylation is 1. The molecule has 0 spiro atoms. The van der Waals surface area contributed by atoms with Gasteiger partial charge in [-0.15, -0.1) is 11.3 Å². The van der Waals surface area contributed by atoms with E-state index < -0.39 is 6.04 Å². The number of fused-ring (bicyclic) bond motifs is 1. The summed E-state index contributed by atoms with van der Waals surface area (Å²) in [4.78, 5) is 16.3. The Morgan fingerprint density at radius 1 is 1.30 bits per heavy atom. The fraction of sp³-hybridized carbons (Fsp3) is 0.267. The van der Waals surface area contributed by atoms with E-state index in [9.17, 15) is 9.18 Å². The highest BCUT2D eigenvalue weighted by molar-refractivity contribution is 7.12. The highest BCUT2D eigenvalue weighted by Crippen LogP contribution is 2.36. The van der Waals surface area contributed by atoms with Crippen LogP contribution in [0, 0.1) is 5.82 Å². The number of anilines is 1. The van der Waals surface area contributed by atoms with Gasteiger partial charge in [0.25, 0.3) is 0 Å². The lowest BCUT2D eigenvalue weighted by Gasteiger charge is -2.16. The maximum Gasteiger partial charge on any atom is 0.248 e. The Hall–Kier alpha value is -1.72. The van der Waals surface area contributed by atoms with Crippen molar-refractivity contribution in [2.45, 2.75) is 25.9 Å². The molecule has 2 heterocycles. The molecule has 2 N–H and O–H groups in total. The minimum atomic E-state index is -0.758. The van der Waals surface area contributed by atoms with Crippen LogP contribution in [-0.4, -0.2) is 5.91 Å². The van der Waals surface area contributed by atoms with Gasteiger partial charge < -0.3 is 10.6 Å². The Morgan fingerprint density at radius 2 is 2.05 bits per heavy atom. The van der Waals surface area contributed by atoms with Gasteiger partial charge in [0, 0.05) is 21.0 Å². The molecule has 0 aliphatic carbocycles. The van der Waals surface area contributed by atoms with Crippen molar-refractivity contribution in [2.75, 3.05) is 4.90 Å². The van der Waals surface area contributed by atoms with Gasteiger partial charge in [0.15, 0.2) is 0 Å². The molecule has 1 aliphatic heterocycles. The molecule has 0 radical (unpaired) electrons. The van der Waals surface area contributed by atoms with Gasteiger partial charge in [0.1, 0.15) is 11.9 Å². The van der Waals surface area contributed by atoms with Crippen LogP contribution < -0.4 is 10.6 Å². The van der Waals surface area contributed by atoms with Crippen LogP contribution >= 0.6 is 11.3 Å². The average Bonchev–Trinajstić information content (AvgIpc) is 2.99. The number of hydrogen-bond acceptors (Lipinski definition) is 3. The summed E-state index contributed by atoms with van der Waals surface area (Å²) in [7, 11) is 0. The zero-order chi connectivity index (χ0) is 14.3. The van der Waals surface area contributed by atoms with Gasteiger partial charge >= 0.3 is 0 Å². The van der Waals surface area contributed by atoms with Gasteiger partial charge in [0.2, 0.25) is 5.91 Å². The van der Waals surface area contributed by atoms with Crippen molar-refractivity contribution in [1.82, 2.24) is 0 Å². The van der Waals surface area contributed by atoms with E-state index in [1.165, 1.54) is 17.0 Å². The summed E-state index contributed by atoms with van der Waals surface area (Å²) in [5, 5.41) is 0. The number of nitrogens with zero attached hydrogens (tertiary/aromatic N) is 1. The van der Waals surface area contributed by atoms with Crippen LogP contribution in [0.5, 0.6) is 0 Å². The third kappa shape index (κ3) is 2.13. The molecule has 3 rings (SSSR count). The Kier molecular flexibility index (Phi) is 3.31. The molecule has 1 unspecified atom stereocenters. The van der Waals surface area contributed by atoms with Crippen molar-refractivity contribution in [3.63, 3.8) is 0 Å². The first-order valence-corrected chi connectivity index (χ1v) is 7.35. The van der Waals surface area contributed by atoms with Crippen molar-refractivity contribution >= 4 is 22.9 Å². The number of amides is 1. The van der Waals surface area contributed by atoms with Crippen LogP contribution in [0.25, 0.3) is 0 Å². The summed E-state index contributed by atoms with van der Waals surface area (Å²) < 4.78 is 13.3. The second-order valence-corrected chi connectivity index (χ2v) is 6.08. The van der Waals surface area contributed by atoms with Crippen LogP contribution in [-0.2, 0) is 17.8 Å². The van der Waals surface area contributed by atoms with E-state index in [2.05, 4.69) is 13.0 Å². The van der Waals surface area contributed by atoms with Crippen LogP contribution in [0.3, 0.4) is 0 Å². The number of thiophene rings is 1. The van der Waals surface area contributed by atoms with E-state index >= 15 is 0 Å². The number of benzene rings is 1. The van der Waals surface area contributed by atoms with Crippen molar-refractivity contribution in [1.29, 1.82) is 0 Å². The smallest absolute Gasteiger partial charge is 0.248 e. The van der Waals surface area contributed by atoms with Gasteiger partial charge in [-0.2, -0.15) is 0 Å². The van der Waals surface area contributed by atoms with Gasteiger partial charge in [-0.3, -0.25) is 4.79 Å². The molecular formula is C15H15FN2OS. The van der Waals surface area contributed by atoms with Crippen LogP contribution in [0.2, 0.25) is 0 Å². The molecule has 0 bridgehead atoms. The molecule has 1 amide bonds. The van der Waals surface area contributed by atoms with E-state index in [0.717, 1.165) is 17.0 Å². The lowest BCUT2D eigenvalue weighted by atomic mass is 10.1. The Labute approximate surface area is 120 Å². The number of rotatable bonds is 3. The van der Waals surface area contributed by atoms with Gasteiger partial charge in [-0.25, -0.2) is 4.39 Å². The molecule has 0 saturated carbocycles. The maximum atomic E-state index is 13.3. The molecule has 1 aromatic carbocycles. The average molecular weight is 290 g/mol. The van der Waals surface area contributed by atoms with Crippen LogP contribution in [0.1, 0.15) is 28.3 Å². The molecule has 1 aliphatic rings. The zero-order valence-corrected chi connectivity index (χ0v) is 11.9. The van der Waals surface area contributed by atoms with E-state index in [-0.39, 0.29) is 11.7 Å². The molecule has 0 fully saturated rings. The number of nitrogens with two attached hydrogens (primary N) is 1. The predicted octanol–water partition coefficient (Wildman–Crippen LogP) is 3.00. The summed E-state index contributed by atoms with van der Waals surface area (Å²) in [5.74, 6) is -0.532. The molecule has 0 saturated heterocycles. The summed E-state index contributed by atoms with van der Waals surface area (Å²) in [5.41, 5.74) is 7.17. The van der Waals surface area contributed by atoms with E-state index in [4.69, 9.17) is 5.73 Å². The first-order valence-electron chi connectivity index (χ1n) is 6.54. The summed E-state index contributed by atoms with van der Waals surface area (Å²) in [6.45, 7) is 2.60. The van der Waals surface area contributed by atoms with E-state index in [1.807, 2.05) is 6.07 Å². The molecule has 1 aromatic heterocycles. The maximum absolute atomic E-state index is 13.3. The first kappa shape index (κ1) is 13.3. The lowest BCUT2D eigenvalue weighted by molar-refractivity contribution is -0.119. The number of carbonyl (C=O) groups excluding carboxylic acids is 1. The second-order valence-electron chi connectivity index (χ2n) is 4.83. The summed E-state index contributed by atoms with van der Waals surface area (Å²) in [6, 6.07) is 7.69. The molecule has 1 atom stereocenters. The molecule has 2 aromatic rings. The Bertz CT molecular complexity index is 668. The van der Waals surface area contributed by atoms with E-state index in [0.29, 0.717) is 12.1 Å². The van der Waals surface area contributed by atoms with Crippen molar-refractivity contribution < 1.29 is 9.18 Å². The third-order valence-electron chi connectivity index (χ3n) is 3.53. The molecule has 3 nitrogen and oxygen atoms in total. The summed E-state index contributed by atoms with van der Waals surface area (Å²) in [6.07, 6.45) is 0.986. The van der Waals surface area contributed by atoms with Gasteiger partial charge in [0.05, 0.1) is 6.54 Å². The Balaban J connectivity index is 1.92. The minimum absolute atomic E-state index is 0.169. The lowest BCUT2D eigenvalue weighted by Crippen LogP contribution is -2.30. The number of hydrogen-bond donors (Lipinski definition) is 1. The number of halogens is 1. The first-order chi connectivity index (χ1) is 9.60. The quantitative estimate of drug-likeness (QED) is 0.944. The predicted molar refractivity (Wildman–Crippen MR) is 78.2 cm³/mol. The molecule has 20 heavy (non-hydrogen) atoms. The van der Waals surface area contributed by atoms with Crippen LogP contribution in [0.4, 0.5) is 10.1 Å². The van der Waals surface area contributed by atoms with Crippen molar-refractivity contribution in [3.8, 4) is 0 Å². The molecule has 104 valence electrons. The normalized spacial score (nSPS) is 17.6. The standard InChI is InChI=1S/C15H15FN2OS/c1-2-10-4-5-11(20-10)8-18-13-6-3-9(16)7-12(13)14(17)15(18)19/h3-7,14H,2,8,17H2,1H3. The van der Waals surface area contributed by atoms with Gasteiger partial charge in [-0.1, -0.05) is 6.92 Å². The minimum Gasteiger partial charge on any atom is -0.316 e. The highest BCUT2D eigenvalue weighted by atomic mass is 32.1. The third-order valence-corrected chi connectivity index (χ3v) is 4.74. The fourth-order valence-corrected chi connectivity index (χ4v) is 3.40.